The van der Waals surface area contributed by atoms with Gasteiger partial charge in [-0.2, -0.15) is 13.2 Å². The zero-order chi connectivity index (χ0) is 15.6. The number of benzene rings is 1. The predicted octanol–water partition coefficient (Wildman–Crippen LogP) is 5.19. The van der Waals surface area contributed by atoms with Gasteiger partial charge in [0.2, 0.25) is 0 Å². The highest BCUT2D eigenvalue weighted by atomic mass is 79.9. The zero-order valence-corrected chi connectivity index (χ0v) is 13.2. The number of carbonyl (C=O) groups is 1. The van der Waals surface area contributed by atoms with Crippen molar-refractivity contribution < 1.29 is 18.0 Å². The van der Waals surface area contributed by atoms with E-state index in [1.807, 2.05) is 0 Å². The molecule has 0 saturated heterocycles. The number of halogens is 5. The van der Waals surface area contributed by atoms with Crippen molar-refractivity contribution in [3.8, 4) is 0 Å². The molecule has 1 aliphatic rings. The molecule has 8 heteroatoms. The first kappa shape index (κ1) is 16.4. The van der Waals surface area contributed by atoms with Crippen molar-refractivity contribution in [2.45, 2.75) is 37.9 Å². The van der Waals surface area contributed by atoms with Crippen molar-refractivity contribution in [1.82, 2.24) is 5.32 Å². The summed E-state index contributed by atoms with van der Waals surface area (Å²) in [5, 5.41) is 4.71. The fourth-order valence-corrected chi connectivity index (χ4v) is 3.19. The molecule has 116 valence electrons. The molecule has 1 aromatic carbocycles. The Kier molecular flexibility index (Phi) is 5.03. The zero-order valence-electron chi connectivity index (χ0n) is 10.9. The first-order chi connectivity index (χ1) is 9.77. The largest absolute Gasteiger partial charge is 0.418 e. The fourth-order valence-electron chi connectivity index (χ4n) is 2.33. The minimum Gasteiger partial charge on any atom is -0.335 e. The van der Waals surface area contributed by atoms with Crippen LogP contribution < -0.4 is 10.6 Å². The lowest BCUT2D eigenvalue weighted by molar-refractivity contribution is -0.136. The van der Waals surface area contributed by atoms with E-state index >= 15 is 0 Å². The molecule has 0 radical (unpaired) electrons. The number of hydrogen-bond acceptors (Lipinski definition) is 1. The van der Waals surface area contributed by atoms with E-state index in [0.717, 1.165) is 31.7 Å². The topological polar surface area (TPSA) is 41.1 Å². The molecule has 1 aliphatic carbocycles. The third-order valence-electron chi connectivity index (χ3n) is 3.29. The van der Waals surface area contributed by atoms with Gasteiger partial charge in [0.15, 0.2) is 0 Å². The number of amides is 2. The van der Waals surface area contributed by atoms with Crippen LogP contribution in [0.5, 0.6) is 0 Å². The van der Waals surface area contributed by atoms with E-state index in [9.17, 15) is 18.0 Å². The van der Waals surface area contributed by atoms with Crippen molar-refractivity contribution >= 4 is 39.2 Å². The first-order valence-corrected chi connectivity index (χ1v) is 7.58. The van der Waals surface area contributed by atoms with Gasteiger partial charge in [0.25, 0.3) is 0 Å². The Morgan fingerprint density at radius 3 is 2.48 bits per heavy atom. The Hall–Kier alpha value is -0.950. The van der Waals surface area contributed by atoms with Crippen molar-refractivity contribution in [1.29, 1.82) is 0 Å². The van der Waals surface area contributed by atoms with Crippen LogP contribution in [-0.4, -0.2) is 12.1 Å². The maximum atomic E-state index is 13.0. The molecule has 0 heterocycles. The summed E-state index contributed by atoms with van der Waals surface area (Å²) in [7, 11) is 0. The van der Waals surface area contributed by atoms with Crippen LogP contribution in [0, 0.1) is 0 Å². The molecule has 1 aromatic rings. The van der Waals surface area contributed by atoms with Crippen LogP contribution in [-0.2, 0) is 6.18 Å². The van der Waals surface area contributed by atoms with Crippen LogP contribution in [0.2, 0.25) is 5.02 Å². The Morgan fingerprint density at radius 2 is 1.90 bits per heavy atom. The quantitative estimate of drug-likeness (QED) is 0.723. The lowest BCUT2D eigenvalue weighted by Gasteiger charge is -2.18. The summed E-state index contributed by atoms with van der Waals surface area (Å²) in [4.78, 5) is 11.8. The van der Waals surface area contributed by atoms with Crippen molar-refractivity contribution in [3.05, 3.63) is 27.2 Å². The van der Waals surface area contributed by atoms with Gasteiger partial charge in [-0.25, -0.2) is 4.79 Å². The van der Waals surface area contributed by atoms with Crippen LogP contribution in [0.4, 0.5) is 23.7 Å². The van der Waals surface area contributed by atoms with E-state index in [2.05, 4.69) is 26.6 Å². The molecule has 2 amide bonds. The minimum atomic E-state index is -4.61. The van der Waals surface area contributed by atoms with Gasteiger partial charge in [0, 0.05) is 10.5 Å². The van der Waals surface area contributed by atoms with Crippen molar-refractivity contribution in [2.75, 3.05) is 5.32 Å². The number of anilines is 1. The second kappa shape index (κ2) is 6.44. The minimum absolute atomic E-state index is 0.00793. The lowest BCUT2D eigenvalue weighted by Crippen LogP contribution is -2.36. The number of nitrogens with one attached hydrogen (secondary N) is 2. The summed E-state index contributed by atoms with van der Waals surface area (Å²) in [6.45, 7) is 0. The fraction of sp³-hybridized carbons (Fsp3) is 0.462. The van der Waals surface area contributed by atoms with Gasteiger partial charge in [-0.05, 0) is 25.0 Å². The third-order valence-corrected chi connectivity index (χ3v) is 4.05. The number of urea groups is 1. The highest BCUT2D eigenvalue weighted by Crippen LogP contribution is 2.40. The normalized spacial score (nSPS) is 16.0. The molecule has 21 heavy (non-hydrogen) atoms. The standard InChI is InChI=1S/C13H13BrClF3N2O/c14-7-5-9(13(16,17)18)11(10(15)6-7)20-12(21)19-8-3-1-2-4-8/h5-6,8H,1-4H2,(H2,19,20,21). The van der Waals surface area contributed by atoms with E-state index in [1.54, 1.807) is 0 Å². The molecule has 1 fully saturated rings. The molecule has 0 aliphatic heterocycles. The van der Waals surface area contributed by atoms with Crippen LogP contribution in [0.3, 0.4) is 0 Å². The van der Waals surface area contributed by atoms with Crippen LogP contribution in [0.25, 0.3) is 0 Å². The Labute approximate surface area is 133 Å². The smallest absolute Gasteiger partial charge is 0.335 e. The Balaban J connectivity index is 2.20. The number of rotatable bonds is 2. The number of hydrogen-bond donors (Lipinski definition) is 2. The maximum absolute atomic E-state index is 13.0. The molecule has 0 atom stereocenters. The second-order valence-electron chi connectivity index (χ2n) is 4.89. The SMILES string of the molecule is O=C(Nc1c(Cl)cc(Br)cc1C(F)(F)F)NC1CCCC1. The lowest BCUT2D eigenvalue weighted by atomic mass is 10.1. The summed E-state index contributed by atoms with van der Waals surface area (Å²) < 4.78 is 39.2. The van der Waals surface area contributed by atoms with E-state index in [1.165, 1.54) is 6.07 Å². The van der Waals surface area contributed by atoms with Gasteiger partial charge < -0.3 is 10.6 Å². The molecule has 0 bridgehead atoms. The number of alkyl halides is 3. The summed E-state index contributed by atoms with van der Waals surface area (Å²) >= 11 is 8.79. The average molecular weight is 386 g/mol. The van der Waals surface area contributed by atoms with Crippen LogP contribution in [0.1, 0.15) is 31.2 Å². The van der Waals surface area contributed by atoms with Gasteiger partial charge in [0.1, 0.15) is 0 Å². The summed E-state index contributed by atoms with van der Waals surface area (Å²) in [5.74, 6) is 0. The van der Waals surface area contributed by atoms with Gasteiger partial charge in [-0.1, -0.05) is 40.4 Å². The summed E-state index contributed by atoms with van der Waals surface area (Å²) in [6, 6.07) is 1.53. The Bertz CT molecular complexity index is 545. The maximum Gasteiger partial charge on any atom is 0.418 e. The monoisotopic (exact) mass is 384 g/mol. The highest BCUT2D eigenvalue weighted by molar-refractivity contribution is 9.10. The van der Waals surface area contributed by atoms with Gasteiger partial charge in [0.05, 0.1) is 16.3 Å². The Morgan fingerprint density at radius 1 is 1.29 bits per heavy atom. The molecule has 2 rings (SSSR count). The molecule has 0 unspecified atom stereocenters. The molecular formula is C13H13BrClF3N2O. The second-order valence-corrected chi connectivity index (χ2v) is 6.21. The molecular weight excluding hydrogens is 373 g/mol. The molecule has 1 saturated carbocycles. The van der Waals surface area contributed by atoms with E-state index in [-0.39, 0.29) is 15.5 Å². The van der Waals surface area contributed by atoms with E-state index in [4.69, 9.17) is 11.6 Å². The van der Waals surface area contributed by atoms with Gasteiger partial charge >= 0.3 is 12.2 Å². The first-order valence-electron chi connectivity index (χ1n) is 6.41. The van der Waals surface area contributed by atoms with Crippen molar-refractivity contribution in [3.63, 3.8) is 0 Å². The van der Waals surface area contributed by atoms with Crippen molar-refractivity contribution in [2.24, 2.45) is 0 Å². The summed E-state index contributed by atoms with van der Waals surface area (Å²) in [6.07, 6.45) is -0.903. The van der Waals surface area contributed by atoms with E-state index in [0.29, 0.717) is 0 Å². The van der Waals surface area contributed by atoms with Crippen LogP contribution in [0.15, 0.2) is 16.6 Å². The van der Waals surface area contributed by atoms with Gasteiger partial charge in [-0.3, -0.25) is 0 Å². The average Bonchev–Trinajstić information content (AvgIpc) is 2.83. The number of carbonyl (C=O) groups excluding carboxylic acids is 1. The highest BCUT2D eigenvalue weighted by Gasteiger charge is 2.35. The summed E-state index contributed by atoms with van der Waals surface area (Å²) in [5.41, 5.74) is -1.41. The molecule has 0 spiro atoms. The molecule has 2 N–H and O–H groups in total. The van der Waals surface area contributed by atoms with E-state index < -0.39 is 23.5 Å². The third kappa shape index (κ3) is 4.26. The molecule has 0 aromatic heterocycles. The van der Waals surface area contributed by atoms with Crippen LogP contribution >= 0.6 is 27.5 Å². The predicted molar refractivity (Wildman–Crippen MR) is 78.6 cm³/mol. The molecule has 3 nitrogen and oxygen atoms in total. The van der Waals surface area contributed by atoms with Gasteiger partial charge in [-0.15, -0.1) is 0 Å².